The smallest absolute Gasteiger partial charge is 0.331 e. The van der Waals surface area contributed by atoms with E-state index < -0.39 is 11.5 Å². The van der Waals surface area contributed by atoms with E-state index in [2.05, 4.69) is 10.6 Å². The standard InChI is InChI=1S/C17H15F3N2OS/c18-17(19,20)24-13-6-3-5-12(10-13)21-16(23)22-15-9-8-11-4-1-2-7-14(11)15/h1-7,10,15H,8-9H2,(H2,21,22,23). The molecule has 0 heterocycles. The first kappa shape index (κ1) is 16.7. The number of carbonyl (C=O) groups is 1. The highest BCUT2D eigenvalue weighted by molar-refractivity contribution is 8.00. The second kappa shape index (κ2) is 6.76. The minimum atomic E-state index is -4.35. The molecule has 0 bridgehead atoms. The van der Waals surface area contributed by atoms with Gasteiger partial charge in [-0.15, -0.1) is 0 Å². The lowest BCUT2D eigenvalue weighted by atomic mass is 10.1. The second-order valence-corrected chi connectivity index (χ2v) is 6.60. The number of aryl methyl sites for hydroxylation is 1. The van der Waals surface area contributed by atoms with Crippen LogP contribution in [0.4, 0.5) is 23.7 Å². The zero-order chi connectivity index (χ0) is 17.2. The average Bonchev–Trinajstić information content (AvgIpc) is 2.89. The van der Waals surface area contributed by atoms with Crippen molar-refractivity contribution in [1.82, 2.24) is 5.32 Å². The summed E-state index contributed by atoms with van der Waals surface area (Å²) in [6.07, 6.45) is 1.72. The zero-order valence-corrected chi connectivity index (χ0v) is 13.4. The van der Waals surface area contributed by atoms with Crippen LogP contribution in [-0.2, 0) is 6.42 Å². The molecule has 0 radical (unpaired) electrons. The van der Waals surface area contributed by atoms with Crippen molar-refractivity contribution >= 4 is 23.5 Å². The van der Waals surface area contributed by atoms with Crippen LogP contribution >= 0.6 is 11.8 Å². The van der Waals surface area contributed by atoms with Gasteiger partial charge in [-0.25, -0.2) is 4.79 Å². The third-order valence-electron chi connectivity index (χ3n) is 3.76. The number of hydrogen-bond acceptors (Lipinski definition) is 2. The van der Waals surface area contributed by atoms with Crippen molar-refractivity contribution < 1.29 is 18.0 Å². The summed E-state index contributed by atoms with van der Waals surface area (Å²) in [6.45, 7) is 0. The first-order chi connectivity index (χ1) is 11.4. The van der Waals surface area contributed by atoms with Crippen LogP contribution in [0, 0.1) is 0 Å². The molecule has 2 amide bonds. The van der Waals surface area contributed by atoms with Crippen LogP contribution in [-0.4, -0.2) is 11.5 Å². The molecule has 1 aliphatic carbocycles. The van der Waals surface area contributed by atoms with Crippen LogP contribution in [0.5, 0.6) is 0 Å². The molecule has 0 aromatic heterocycles. The lowest BCUT2D eigenvalue weighted by molar-refractivity contribution is -0.0328. The Morgan fingerprint density at radius 2 is 1.92 bits per heavy atom. The molecule has 2 aromatic rings. The van der Waals surface area contributed by atoms with Crippen LogP contribution in [0.1, 0.15) is 23.6 Å². The first-order valence-electron chi connectivity index (χ1n) is 7.42. The maximum absolute atomic E-state index is 12.4. The van der Waals surface area contributed by atoms with Gasteiger partial charge in [0.25, 0.3) is 0 Å². The van der Waals surface area contributed by atoms with E-state index in [1.807, 2.05) is 24.3 Å². The maximum atomic E-state index is 12.4. The minimum Gasteiger partial charge on any atom is -0.331 e. The number of carbonyl (C=O) groups excluding carboxylic acids is 1. The predicted octanol–water partition coefficient (Wildman–Crippen LogP) is 5.11. The van der Waals surface area contributed by atoms with Crippen molar-refractivity contribution in [3.05, 3.63) is 59.7 Å². The quantitative estimate of drug-likeness (QED) is 0.754. The minimum absolute atomic E-state index is 0.0338. The maximum Gasteiger partial charge on any atom is 0.446 e. The Bertz CT molecular complexity index is 749. The molecular weight excluding hydrogens is 337 g/mol. The lowest BCUT2D eigenvalue weighted by Crippen LogP contribution is -2.31. The number of urea groups is 1. The Morgan fingerprint density at radius 1 is 1.12 bits per heavy atom. The first-order valence-corrected chi connectivity index (χ1v) is 8.23. The fraction of sp³-hybridized carbons (Fsp3) is 0.235. The topological polar surface area (TPSA) is 41.1 Å². The molecule has 24 heavy (non-hydrogen) atoms. The van der Waals surface area contributed by atoms with Crippen LogP contribution in [0.3, 0.4) is 0 Å². The summed E-state index contributed by atoms with van der Waals surface area (Å²) < 4.78 is 37.2. The van der Waals surface area contributed by atoms with E-state index >= 15 is 0 Å². The van der Waals surface area contributed by atoms with Gasteiger partial charge in [0.05, 0.1) is 6.04 Å². The normalized spacial score (nSPS) is 16.5. The number of benzene rings is 2. The van der Waals surface area contributed by atoms with Gasteiger partial charge < -0.3 is 10.6 Å². The van der Waals surface area contributed by atoms with Gasteiger partial charge in [-0.05, 0) is 53.9 Å². The van der Waals surface area contributed by atoms with E-state index in [4.69, 9.17) is 0 Å². The number of rotatable bonds is 3. The van der Waals surface area contributed by atoms with Gasteiger partial charge in [-0.3, -0.25) is 0 Å². The molecule has 0 aliphatic heterocycles. The van der Waals surface area contributed by atoms with Crippen molar-refractivity contribution in [3.8, 4) is 0 Å². The highest BCUT2D eigenvalue weighted by Crippen LogP contribution is 2.37. The highest BCUT2D eigenvalue weighted by Gasteiger charge is 2.29. The summed E-state index contributed by atoms with van der Waals surface area (Å²) >= 11 is -0.206. The SMILES string of the molecule is O=C(Nc1cccc(SC(F)(F)F)c1)NC1CCc2ccccc21. The Labute approximate surface area is 141 Å². The number of halogens is 3. The Hall–Kier alpha value is -2.15. The molecule has 0 spiro atoms. The summed E-state index contributed by atoms with van der Waals surface area (Å²) in [6, 6.07) is 13.1. The zero-order valence-electron chi connectivity index (χ0n) is 12.6. The predicted molar refractivity (Wildman–Crippen MR) is 88.0 cm³/mol. The van der Waals surface area contributed by atoms with E-state index in [0.717, 1.165) is 18.4 Å². The van der Waals surface area contributed by atoms with Crippen LogP contribution in [0.25, 0.3) is 0 Å². The third-order valence-corrected chi connectivity index (χ3v) is 4.48. The number of thioether (sulfide) groups is 1. The molecule has 1 aliphatic rings. The number of hydrogen-bond donors (Lipinski definition) is 2. The van der Waals surface area contributed by atoms with Crippen LogP contribution in [0.15, 0.2) is 53.4 Å². The molecule has 2 aromatic carbocycles. The van der Waals surface area contributed by atoms with Crippen molar-refractivity contribution in [2.24, 2.45) is 0 Å². The molecule has 3 rings (SSSR count). The van der Waals surface area contributed by atoms with Gasteiger partial charge >= 0.3 is 11.5 Å². The van der Waals surface area contributed by atoms with Crippen molar-refractivity contribution in [2.45, 2.75) is 29.3 Å². The summed E-state index contributed by atoms with van der Waals surface area (Å²) in [4.78, 5) is 12.2. The van der Waals surface area contributed by atoms with Gasteiger partial charge in [0, 0.05) is 10.6 Å². The fourth-order valence-electron chi connectivity index (χ4n) is 2.80. The van der Waals surface area contributed by atoms with Gasteiger partial charge in [0.2, 0.25) is 0 Å². The molecule has 0 fully saturated rings. The number of alkyl halides is 3. The summed E-state index contributed by atoms with van der Waals surface area (Å²) in [5.74, 6) is 0. The molecule has 3 nitrogen and oxygen atoms in total. The van der Waals surface area contributed by atoms with Crippen molar-refractivity contribution in [2.75, 3.05) is 5.32 Å². The van der Waals surface area contributed by atoms with E-state index in [-0.39, 0.29) is 22.7 Å². The molecule has 126 valence electrons. The Morgan fingerprint density at radius 3 is 2.71 bits per heavy atom. The molecular formula is C17H15F3N2OS. The van der Waals surface area contributed by atoms with E-state index in [1.54, 1.807) is 6.07 Å². The van der Waals surface area contributed by atoms with E-state index in [1.165, 1.54) is 23.8 Å². The van der Waals surface area contributed by atoms with Gasteiger partial charge in [0.1, 0.15) is 0 Å². The van der Waals surface area contributed by atoms with Crippen molar-refractivity contribution in [3.63, 3.8) is 0 Å². The van der Waals surface area contributed by atoms with Crippen LogP contribution < -0.4 is 10.6 Å². The van der Waals surface area contributed by atoms with E-state index in [0.29, 0.717) is 5.69 Å². The Kier molecular flexibility index (Phi) is 4.71. The Balaban J connectivity index is 1.63. The molecule has 1 unspecified atom stereocenters. The number of nitrogens with one attached hydrogen (secondary N) is 2. The molecule has 7 heteroatoms. The lowest BCUT2D eigenvalue weighted by Gasteiger charge is -2.15. The van der Waals surface area contributed by atoms with Crippen LogP contribution in [0.2, 0.25) is 0 Å². The second-order valence-electron chi connectivity index (χ2n) is 5.46. The highest BCUT2D eigenvalue weighted by atomic mass is 32.2. The van der Waals surface area contributed by atoms with Gasteiger partial charge in [-0.1, -0.05) is 30.3 Å². The summed E-state index contributed by atoms with van der Waals surface area (Å²) in [7, 11) is 0. The molecule has 1 atom stereocenters. The largest absolute Gasteiger partial charge is 0.446 e. The third kappa shape index (κ3) is 4.23. The number of anilines is 1. The van der Waals surface area contributed by atoms with Gasteiger partial charge in [-0.2, -0.15) is 13.2 Å². The molecule has 0 saturated carbocycles. The average molecular weight is 352 g/mol. The summed E-state index contributed by atoms with van der Waals surface area (Å²) in [5, 5.41) is 5.47. The number of amides is 2. The van der Waals surface area contributed by atoms with E-state index in [9.17, 15) is 18.0 Å². The molecule has 0 saturated heterocycles. The monoisotopic (exact) mass is 352 g/mol. The number of fused-ring (bicyclic) bond motifs is 1. The summed E-state index contributed by atoms with van der Waals surface area (Å²) in [5.41, 5.74) is -1.72. The molecule has 2 N–H and O–H groups in total. The fourth-order valence-corrected chi connectivity index (χ4v) is 3.40. The van der Waals surface area contributed by atoms with Crippen molar-refractivity contribution in [1.29, 1.82) is 0 Å². The van der Waals surface area contributed by atoms with Gasteiger partial charge in [0.15, 0.2) is 0 Å².